The van der Waals surface area contributed by atoms with Gasteiger partial charge in [-0.2, -0.15) is 0 Å². The van der Waals surface area contributed by atoms with E-state index in [0.717, 1.165) is 25.7 Å². The standard InChI is InChI=1S/C72H129N23O13/c1-6-7-8-9-10-11-12-13-14-15-16-17-21-33-58(98)87-52(34-36-56(74)96)65(104)90-51(32-26-41-85-72(81)82)64(103)93-54(42-45(2)3)67(106)94-55(43-47-27-19-18-20-28-47)68(107)91-53(35-37-57(75)97)66(105)95-60(46(4)5)69(108)92-49(29-22-23-38-73)62(101)86-44-59(99)88-50(31-25-40-84-71(79)80)63(102)89-48(61(76)100)30-24-39-83-70(77)78/h18-20,27-28,45-46,48-55,60H,6-17,21-26,29-44,73H2,1-5H3,(H2,74,96)(H2,75,97)(H2,76,100)(H,86,101)(H,87,98)(H,88,99)(H,89,102)(H,90,104)(H,91,107)(H,92,108)(H,93,103)(H,94,106)(H,95,105)(H4,77,78,83)(H4,79,80,84)(H4,81,82,85)/t48-,49-,50-,51-,52-,53-,54-,55-,60-/m1/s1. The van der Waals surface area contributed by atoms with E-state index in [0.29, 0.717) is 24.8 Å². The minimum Gasteiger partial charge on any atom is -0.370 e. The molecule has 1 aromatic carbocycles. The summed E-state index contributed by atoms with van der Waals surface area (Å²) in [6, 6.07) is -3.90. The SMILES string of the molecule is CCCCCCCCCCCCCCCC(=O)N[C@H](CCC(N)=O)C(=O)N[C@H](CCCN=C(N)N)C(=O)N[C@H](CC(C)C)C(=O)N[C@H](Cc1ccccc1)C(=O)N[C@H](CCC(N)=O)C(=O)N[C@@H](C(=O)N[C@H](CCCCN)C(=O)NCC(=O)N[C@H](CCCN=C(N)N)C(=O)N[C@H](CCCN=C(N)N)C(N)=O)C(C)C. The topological polar surface area (TPSA) is 639 Å². The summed E-state index contributed by atoms with van der Waals surface area (Å²) in [5, 5.41) is 26.3. The molecule has 0 fully saturated rings. The van der Waals surface area contributed by atoms with E-state index in [1.165, 1.54) is 51.4 Å². The molecule has 0 heterocycles. The molecule has 610 valence electrons. The van der Waals surface area contributed by atoms with Gasteiger partial charge in [0.15, 0.2) is 17.9 Å². The summed E-state index contributed by atoms with van der Waals surface area (Å²) in [4.78, 5) is 190. The molecule has 0 aliphatic carbocycles. The van der Waals surface area contributed by atoms with Crippen molar-refractivity contribution in [3.8, 4) is 0 Å². The number of nitrogens with one attached hydrogen (secondary N) is 10. The van der Waals surface area contributed by atoms with Crippen LogP contribution in [0.5, 0.6) is 0 Å². The van der Waals surface area contributed by atoms with Crippen LogP contribution < -0.4 is 111 Å². The van der Waals surface area contributed by atoms with Gasteiger partial charge >= 0.3 is 0 Å². The third kappa shape index (κ3) is 45.6. The van der Waals surface area contributed by atoms with Gasteiger partial charge in [0, 0.05) is 45.3 Å². The van der Waals surface area contributed by atoms with Gasteiger partial charge in [-0.15, -0.1) is 0 Å². The third-order valence-corrected chi connectivity index (χ3v) is 17.4. The van der Waals surface area contributed by atoms with Crippen molar-refractivity contribution in [3.05, 3.63) is 35.9 Å². The molecule has 0 unspecified atom stereocenters. The second-order valence-electron chi connectivity index (χ2n) is 27.9. The zero-order valence-electron chi connectivity index (χ0n) is 64.2. The van der Waals surface area contributed by atoms with Gasteiger partial charge in [0.05, 0.1) is 6.54 Å². The maximum atomic E-state index is 14.8. The maximum Gasteiger partial charge on any atom is 0.243 e. The van der Waals surface area contributed by atoms with Crippen LogP contribution >= 0.6 is 0 Å². The van der Waals surface area contributed by atoms with Crippen molar-refractivity contribution in [1.29, 1.82) is 0 Å². The zero-order chi connectivity index (χ0) is 80.9. The Balaban J connectivity index is 3.55. The summed E-state index contributed by atoms with van der Waals surface area (Å²) in [6.07, 6.45) is 14.2. The fraction of sp³-hybridized carbons (Fsp3) is 0.694. The molecule has 1 aromatic rings. The number of hydrogen-bond donors (Lipinski definition) is 20. The highest BCUT2D eigenvalue weighted by Gasteiger charge is 2.36. The first-order valence-corrected chi connectivity index (χ1v) is 38.0. The quantitative estimate of drug-likeness (QED) is 0.0194. The summed E-state index contributed by atoms with van der Waals surface area (Å²) in [5.74, 6) is -12.3. The average Bonchev–Trinajstić information content (AvgIpc) is 0.851. The van der Waals surface area contributed by atoms with Crippen LogP contribution in [0.1, 0.15) is 220 Å². The lowest BCUT2D eigenvalue weighted by molar-refractivity contribution is -0.136. The average molecular weight is 1520 g/mol. The summed E-state index contributed by atoms with van der Waals surface area (Å²) >= 11 is 0. The number of rotatable bonds is 61. The molecule has 0 bridgehead atoms. The molecule has 0 radical (unpaired) electrons. The number of unbranched alkanes of at least 4 members (excludes halogenated alkanes) is 13. The highest BCUT2D eigenvalue weighted by atomic mass is 16.2. The molecule has 0 aromatic heterocycles. The summed E-state index contributed by atoms with van der Waals surface area (Å²) in [6.45, 7) is 8.67. The predicted octanol–water partition coefficient (Wildman–Crippen LogP) is -1.80. The summed E-state index contributed by atoms with van der Waals surface area (Å²) < 4.78 is 0. The van der Waals surface area contributed by atoms with Crippen LogP contribution in [0.4, 0.5) is 0 Å². The molecule has 9 atom stereocenters. The van der Waals surface area contributed by atoms with Crippen LogP contribution in [0.2, 0.25) is 0 Å². The number of aliphatic imine (C=N–C) groups is 3. The molecule has 13 amide bonds. The number of guanidine groups is 3. The Kier molecular flexibility index (Phi) is 50.2. The Morgan fingerprint density at radius 3 is 1.19 bits per heavy atom. The van der Waals surface area contributed by atoms with E-state index in [1.54, 1.807) is 58.0 Å². The maximum absolute atomic E-state index is 14.8. The minimum atomic E-state index is -1.60. The Morgan fingerprint density at radius 2 is 0.731 bits per heavy atom. The number of benzene rings is 1. The highest BCUT2D eigenvalue weighted by Crippen LogP contribution is 2.16. The molecule has 1 rings (SSSR count). The first-order chi connectivity index (χ1) is 51.3. The van der Waals surface area contributed by atoms with Crippen molar-refractivity contribution in [2.75, 3.05) is 32.7 Å². The highest BCUT2D eigenvalue weighted by molar-refractivity contribution is 5.99. The molecule has 0 aliphatic heterocycles. The Labute approximate surface area is 635 Å². The number of carbonyl (C=O) groups is 13. The predicted molar refractivity (Wildman–Crippen MR) is 414 cm³/mol. The van der Waals surface area contributed by atoms with Crippen LogP contribution in [0, 0.1) is 11.8 Å². The Bertz CT molecular complexity index is 3040. The molecule has 0 spiro atoms. The van der Waals surface area contributed by atoms with Crippen LogP contribution in [-0.4, -0.2) is 182 Å². The van der Waals surface area contributed by atoms with Gasteiger partial charge in [0.2, 0.25) is 76.8 Å². The van der Waals surface area contributed by atoms with Crippen LogP contribution in [0.15, 0.2) is 45.3 Å². The second kappa shape index (κ2) is 56.4. The molecule has 30 N–H and O–H groups in total. The number of nitrogens with zero attached hydrogens (tertiary/aromatic N) is 3. The monoisotopic (exact) mass is 1520 g/mol. The number of amides is 13. The lowest BCUT2D eigenvalue weighted by atomic mass is 9.99. The van der Waals surface area contributed by atoms with E-state index in [1.807, 2.05) is 0 Å². The number of nitrogens with two attached hydrogens (primary N) is 10. The van der Waals surface area contributed by atoms with Crippen LogP contribution in [0.25, 0.3) is 0 Å². The molecule has 36 nitrogen and oxygen atoms in total. The van der Waals surface area contributed by atoms with Crippen molar-refractivity contribution in [2.24, 2.45) is 84.1 Å². The Hall–Kier alpha value is -9.90. The van der Waals surface area contributed by atoms with E-state index >= 15 is 0 Å². The fourth-order valence-corrected chi connectivity index (χ4v) is 11.5. The van der Waals surface area contributed by atoms with Gasteiger partial charge in [-0.25, -0.2) is 0 Å². The smallest absolute Gasteiger partial charge is 0.243 e. The first-order valence-electron chi connectivity index (χ1n) is 38.0. The van der Waals surface area contributed by atoms with E-state index in [2.05, 4.69) is 75.1 Å². The van der Waals surface area contributed by atoms with Crippen molar-refractivity contribution >= 4 is 94.7 Å². The van der Waals surface area contributed by atoms with Gasteiger partial charge in [0.1, 0.15) is 54.4 Å². The lowest BCUT2D eigenvalue weighted by Gasteiger charge is -2.29. The Morgan fingerprint density at radius 1 is 0.361 bits per heavy atom. The summed E-state index contributed by atoms with van der Waals surface area (Å²) in [7, 11) is 0. The third-order valence-electron chi connectivity index (χ3n) is 17.4. The molecule has 0 saturated heterocycles. The van der Waals surface area contributed by atoms with Gasteiger partial charge in [0.25, 0.3) is 0 Å². The van der Waals surface area contributed by atoms with Crippen molar-refractivity contribution in [3.63, 3.8) is 0 Å². The van der Waals surface area contributed by atoms with Gasteiger partial charge in [-0.05, 0) is 107 Å². The molecule has 36 heteroatoms. The van der Waals surface area contributed by atoms with Crippen molar-refractivity contribution < 1.29 is 62.3 Å². The first kappa shape index (κ1) is 96.1. The van der Waals surface area contributed by atoms with Crippen LogP contribution in [0.3, 0.4) is 0 Å². The number of carbonyl (C=O) groups excluding carboxylic acids is 13. The molecular weight excluding hydrogens is 1390 g/mol. The van der Waals surface area contributed by atoms with Gasteiger partial charge in [-0.1, -0.05) is 142 Å². The normalized spacial score (nSPS) is 13.5. The van der Waals surface area contributed by atoms with Crippen LogP contribution in [-0.2, 0) is 68.7 Å². The molecule has 108 heavy (non-hydrogen) atoms. The van der Waals surface area contributed by atoms with E-state index in [9.17, 15) is 62.3 Å². The molecule has 0 saturated carbocycles. The van der Waals surface area contributed by atoms with E-state index < -0.39 is 156 Å². The largest absolute Gasteiger partial charge is 0.370 e. The van der Waals surface area contributed by atoms with Gasteiger partial charge < -0.3 is 111 Å². The number of primary amides is 3. The van der Waals surface area contributed by atoms with Crippen molar-refractivity contribution in [1.82, 2.24) is 53.2 Å². The van der Waals surface area contributed by atoms with E-state index in [-0.39, 0.29) is 127 Å². The zero-order valence-corrected chi connectivity index (χ0v) is 64.2. The van der Waals surface area contributed by atoms with E-state index in [4.69, 9.17) is 57.3 Å². The summed E-state index contributed by atoms with van der Waals surface area (Å²) in [5.41, 5.74) is 55.8. The van der Waals surface area contributed by atoms with Crippen molar-refractivity contribution in [2.45, 2.75) is 275 Å². The second-order valence-corrected chi connectivity index (χ2v) is 27.9. The van der Waals surface area contributed by atoms with Gasteiger partial charge in [-0.3, -0.25) is 77.3 Å². The minimum absolute atomic E-state index is 0.00531. The molecular formula is C72H129N23O13. The number of hydrogen-bond acceptors (Lipinski definition) is 17. The molecule has 0 aliphatic rings. The lowest BCUT2D eigenvalue weighted by Crippen LogP contribution is -2.61. The fourth-order valence-electron chi connectivity index (χ4n) is 11.5.